The molecule has 0 unspecified atom stereocenters. The first-order chi connectivity index (χ1) is 10.4. The van der Waals surface area contributed by atoms with Gasteiger partial charge in [0.05, 0.1) is 12.2 Å². The van der Waals surface area contributed by atoms with E-state index in [0.29, 0.717) is 6.54 Å². The van der Waals surface area contributed by atoms with Crippen molar-refractivity contribution in [3.05, 3.63) is 96.6 Å². The zero-order valence-electron chi connectivity index (χ0n) is 12.1. The van der Waals surface area contributed by atoms with Crippen LogP contribution in [0.25, 0.3) is 0 Å². The molecule has 0 radical (unpaired) electrons. The van der Waals surface area contributed by atoms with Gasteiger partial charge in [-0.1, -0.05) is 66.7 Å². The minimum atomic E-state index is 0. The molecular weight excluding hydrogens is 294 g/mol. The van der Waals surface area contributed by atoms with E-state index in [9.17, 15) is 0 Å². The summed E-state index contributed by atoms with van der Waals surface area (Å²) in [5.41, 5.74) is 2.24. The number of hydroxylamine groups is 1. The van der Waals surface area contributed by atoms with Gasteiger partial charge in [0.25, 0.3) is 0 Å². The third-order valence-corrected chi connectivity index (χ3v) is 3.17. The monoisotopic (exact) mass is 311 g/mol. The summed E-state index contributed by atoms with van der Waals surface area (Å²) in [5.74, 6) is 0.831. The Kier molecular flexibility index (Phi) is 5.87. The number of anilines is 1. The molecule has 0 aromatic heterocycles. The van der Waals surface area contributed by atoms with Crippen LogP contribution in [-0.4, -0.2) is 0 Å². The van der Waals surface area contributed by atoms with Gasteiger partial charge in [-0.25, -0.2) is 5.06 Å². The van der Waals surface area contributed by atoms with E-state index >= 15 is 0 Å². The smallest absolute Gasteiger partial charge is 0.155 e. The lowest BCUT2D eigenvalue weighted by atomic mass is 10.2. The maximum atomic E-state index is 6.04. The second-order valence-corrected chi connectivity index (χ2v) is 4.76. The molecule has 0 spiro atoms. The molecule has 3 aromatic carbocycles. The molecule has 0 bridgehead atoms. The Morgan fingerprint density at radius 1 is 0.636 bits per heavy atom. The van der Waals surface area contributed by atoms with Crippen LogP contribution in [0.15, 0.2) is 91.0 Å². The molecule has 0 amide bonds. The van der Waals surface area contributed by atoms with E-state index < -0.39 is 0 Å². The lowest BCUT2D eigenvalue weighted by Gasteiger charge is -2.24. The van der Waals surface area contributed by atoms with Crippen LogP contribution in [0.3, 0.4) is 0 Å². The van der Waals surface area contributed by atoms with Gasteiger partial charge in [0.2, 0.25) is 0 Å². The molecule has 22 heavy (non-hydrogen) atoms. The van der Waals surface area contributed by atoms with Gasteiger partial charge < -0.3 is 4.84 Å². The van der Waals surface area contributed by atoms with Gasteiger partial charge in [-0.05, 0) is 29.8 Å². The topological polar surface area (TPSA) is 12.5 Å². The van der Waals surface area contributed by atoms with Crippen LogP contribution in [0.5, 0.6) is 5.75 Å². The molecule has 0 aliphatic rings. The van der Waals surface area contributed by atoms with Crippen LogP contribution < -0.4 is 9.90 Å². The highest BCUT2D eigenvalue weighted by Gasteiger charge is 2.09. The van der Waals surface area contributed by atoms with E-state index in [1.54, 1.807) is 0 Å². The SMILES string of the molecule is Cl.c1ccc(CN(Oc2ccccc2)c2ccccc2)cc1. The first-order valence-electron chi connectivity index (χ1n) is 7.01. The molecule has 0 aliphatic heterocycles. The lowest BCUT2D eigenvalue weighted by molar-refractivity contribution is 0.274. The van der Waals surface area contributed by atoms with E-state index in [1.807, 2.05) is 83.9 Å². The molecule has 3 aromatic rings. The molecule has 3 heteroatoms. The Morgan fingerprint density at radius 2 is 1.14 bits per heavy atom. The predicted octanol–water partition coefficient (Wildman–Crippen LogP) is 5.11. The number of para-hydroxylation sites is 2. The van der Waals surface area contributed by atoms with Crippen LogP contribution in [-0.2, 0) is 6.54 Å². The standard InChI is InChI=1S/C19H17NO.ClH/c1-4-10-17(11-5-1)16-20(18-12-6-2-7-13-18)21-19-14-8-3-9-15-19;/h1-15H,16H2;1H. The normalized spacial score (nSPS) is 9.64. The van der Waals surface area contributed by atoms with E-state index in [2.05, 4.69) is 12.1 Å². The summed E-state index contributed by atoms with van der Waals surface area (Å²) in [7, 11) is 0. The fraction of sp³-hybridized carbons (Fsp3) is 0.0526. The molecule has 0 aliphatic carbocycles. The highest BCUT2D eigenvalue weighted by Crippen LogP contribution is 2.20. The van der Waals surface area contributed by atoms with Gasteiger partial charge in [0, 0.05) is 0 Å². The Bertz CT molecular complexity index is 617. The Balaban J connectivity index is 0.00000176. The second-order valence-electron chi connectivity index (χ2n) is 4.76. The average molecular weight is 312 g/mol. The van der Waals surface area contributed by atoms with Crippen LogP contribution in [0.1, 0.15) is 5.56 Å². The average Bonchev–Trinajstić information content (AvgIpc) is 2.57. The molecular formula is C19H18ClNO. The molecule has 3 rings (SSSR count). The highest BCUT2D eigenvalue weighted by molar-refractivity contribution is 5.85. The molecule has 0 heterocycles. The summed E-state index contributed by atoms with van der Waals surface area (Å²) in [6, 6.07) is 30.3. The molecule has 112 valence electrons. The van der Waals surface area contributed by atoms with Crippen molar-refractivity contribution in [2.45, 2.75) is 6.54 Å². The van der Waals surface area contributed by atoms with Crippen LogP contribution in [0, 0.1) is 0 Å². The van der Waals surface area contributed by atoms with E-state index in [4.69, 9.17) is 4.84 Å². The molecule has 0 atom stereocenters. The van der Waals surface area contributed by atoms with Crippen LogP contribution in [0.4, 0.5) is 5.69 Å². The summed E-state index contributed by atoms with van der Waals surface area (Å²) in [4.78, 5) is 6.04. The summed E-state index contributed by atoms with van der Waals surface area (Å²) in [6.07, 6.45) is 0. The fourth-order valence-electron chi connectivity index (χ4n) is 2.13. The molecule has 0 saturated heterocycles. The van der Waals surface area contributed by atoms with Gasteiger partial charge in [-0.15, -0.1) is 12.4 Å². The van der Waals surface area contributed by atoms with Crippen LogP contribution in [0.2, 0.25) is 0 Å². The first-order valence-corrected chi connectivity index (χ1v) is 7.01. The van der Waals surface area contributed by atoms with E-state index in [0.717, 1.165) is 11.4 Å². The Morgan fingerprint density at radius 3 is 1.73 bits per heavy atom. The van der Waals surface area contributed by atoms with E-state index in [-0.39, 0.29) is 12.4 Å². The first kappa shape index (κ1) is 15.9. The molecule has 2 nitrogen and oxygen atoms in total. The molecule has 0 fully saturated rings. The van der Waals surface area contributed by atoms with E-state index in [1.165, 1.54) is 5.56 Å². The number of benzene rings is 3. The van der Waals surface area contributed by atoms with Crippen molar-refractivity contribution in [1.82, 2.24) is 0 Å². The minimum absolute atomic E-state index is 0. The number of rotatable bonds is 5. The molecule has 0 N–H and O–H groups in total. The zero-order valence-corrected chi connectivity index (χ0v) is 12.9. The van der Waals surface area contributed by atoms with Gasteiger partial charge >= 0.3 is 0 Å². The van der Waals surface area contributed by atoms with Crippen molar-refractivity contribution in [2.75, 3.05) is 5.06 Å². The van der Waals surface area contributed by atoms with Gasteiger partial charge in [0.15, 0.2) is 5.75 Å². The maximum Gasteiger partial charge on any atom is 0.155 e. The van der Waals surface area contributed by atoms with Gasteiger partial charge in [0.1, 0.15) is 0 Å². The quantitative estimate of drug-likeness (QED) is 0.607. The number of hydrogen-bond acceptors (Lipinski definition) is 2. The summed E-state index contributed by atoms with van der Waals surface area (Å²) >= 11 is 0. The van der Waals surface area contributed by atoms with Crippen LogP contribution >= 0.6 is 12.4 Å². The van der Waals surface area contributed by atoms with Crippen molar-refractivity contribution in [2.24, 2.45) is 0 Å². The summed E-state index contributed by atoms with van der Waals surface area (Å²) in [5, 5.41) is 1.91. The largest absolute Gasteiger partial charge is 0.379 e. The molecule has 0 saturated carbocycles. The Labute approximate surface area is 137 Å². The maximum absolute atomic E-state index is 6.04. The van der Waals surface area contributed by atoms with Crippen molar-refractivity contribution in [1.29, 1.82) is 0 Å². The third-order valence-electron chi connectivity index (χ3n) is 3.17. The summed E-state index contributed by atoms with van der Waals surface area (Å²) in [6.45, 7) is 0.694. The van der Waals surface area contributed by atoms with Crippen molar-refractivity contribution < 1.29 is 4.84 Å². The van der Waals surface area contributed by atoms with Gasteiger partial charge in [-0.2, -0.15) is 0 Å². The van der Waals surface area contributed by atoms with Crippen molar-refractivity contribution in [3.63, 3.8) is 0 Å². The second kappa shape index (κ2) is 8.11. The minimum Gasteiger partial charge on any atom is -0.379 e. The predicted molar refractivity (Wildman–Crippen MR) is 93.4 cm³/mol. The number of nitrogens with zero attached hydrogens (tertiary/aromatic N) is 1. The Hall–Kier alpha value is -2.45. The number of halogens is 1. The third kappa shape index (κ3) is 4.27. The lowest BCUT2D eigenvalue weighted by Crippen LogP contribution is -2.26. The van der Waals surface area contributed by atoms with Crippen molar-refractivity contribution in [3.8, 4) is 5.75 Å². The van der Waals surface area contributed by atoms with Gasteiger partial charge in [-0.3, -0.25) is 0 Å². The number of hydrogen-bond donors (Lipinski definition) is 0. The zero-order chi connectivity index (χ0) is 14.3. The highest BCUT2D eigenvalue weighted by atomic mass is 35.5. The van der Waals surface area contributed by atoms with Crippen molar-refractivity contribution >= 4 is 18.1 Å². The summed E-state index contributed by atoms with van der Waals surface area (Å²) < 4.78 is 0. The fourth-order valence-corrected chi connectivity index (χ4v) is 2.13.